The van der Waals surface area contributed by atoms with Crippen molar-refractivity contribution in [3.63, 3.8) is 0 Å². The zero-order valence-corrected chi connectivity index (χ0v) is 46.0. The molecule has 396 valence electrons. The number of quaternary nitrogens is 1. The average Bonchev–Trinajstić information content (AvgIpc) is 3.29. The lowest BCUT2D eigenvalue weighted by molar-refractivity contribution is -0.870. The Kier molecular flexibility index (Phi) is 48.7. The molecule has 0 rings (SSSR count). The van der Waals surface area contributed by atoms with Crippen LogP contribution in [-0.2, 0) is 18.4 Å². The van der Waals surface area contributed by atoms with Crippen molar-refractivity contribution in [1.82, 2.24) is 5.32 Å². The van der Waals surface area contributed by atoms with Gasteiger partial charge >= 0.3 is 7.82 Å². The number of allylic oxidation sites excluding steroid dienone is 5. The van der Waals surface area contributed by atoms with Gasteiger partial charge in [-0.1, -0.05) is 269 Å². The van der Waals surface area contributed by atoms with Crippen LogP contribution in [0.2, 0.25) is 0 Å². The van der Waals surface area contributed by atoms with E-state index in [-0.39, 0.29) is 19.1 Å². The molecule has 0 bridgehead atoms. The second-order valence-corrected chi connectivity index (χ2v) is 22.4. The Balaban J connectivity index is 3.87. The predicted octanol–water partition coefficient (Wildman–Crippen LogP) is 17.4. The Morgan fingerprint density at radius 3 is 1.18 bits per heavy atom. The maximum absolute atomic E-state index is 12.9. The fourth-order valence-electron chi connectivity index (χ4n) is 8.61. The number of unbranched alkanes of at least 4 members (excludes halogenated alkanes) is 36. The first-order valence-electron chi connectivity index (χ1n) is 28.9. The summed E-state index contributed by atoms with van der Waals surface area (Å²) in [6.45, 7) is 4.68. The first-order valence-corrected chi connectivity index (χ1v) is 30.4. The summed E-state index contributed by atoms with van der Waals surface area (Å²) in [6, 6.07) is -0.866. The van der Waals surface area contributed by atoms with Crippen molar-refractivity contribution in [3.05, 3.63) is 36.5 Å². The summed E-state index contributed by atoms with van der Waals surface area (Å²) in [5.41, 5.74) is 0. The molecule has 0 aromatic carbocycles. The Bertz CT molecular complexity index is 1190. The second-order valence-electron chi connectivity index (χ2n) is 21.0. The summed E-state index contributed by atoms with van der Waals surface area (Å²) in [6.07, 6.45) is 64.4. The van der Waals surface area contributed by atoms with Gasteiger partial charge in [-0.05, 0) is 38.5 Å². The van der Waals surface area contributed by atoms with Crippen LogP contribution in [0.3, 0.4) is 0 Å². The third-order valence-electron chi connectivity index (χ3n) is 13.1. The maximum Gasteiger partial charge on any atom is 0.472 e. The SMILES string of the molecule is CC/C=C/CC/C=C/CC/C=C/C(O)C(COP(=O)(O)OCC[N+](C)(C)C)NC(=O)CCCCCCCCCCCCCCCCCCCCCCCCCCCCCCCCCCCCC. The highest BCUT2D eigenvalue weighted by molar-refractivity contribution is 7.47. The van der Waals surface area contributed by atoms with Crippen LogP contribution in [0.15, 0.2) is 36.5 Å². The van der Waals surface area contributed by atoms with Crippen molar-refractivity contribution >= 4 is 13.7 Å². The van der Waals surface area contributed by atoms with E-state index in [0.717, 1.165) is 51.4 Å². The highest BCUT2D eigenvalue weighted by Gasteiger charge is 2.27. The lowest BCUT2D eigenvalue weighted by Crippen LogP contribution is -2.45. The molecule has 0 aliphatic rings. The summed E-state index contributed by atoms with van der Waals surface area (Å²) in [5.74, 6) is -0.189. The molecule has 3 N–H and O–H groups in total. The summed E-state index contributed by atoms with van der Waals surface area (Å²) in [5, 5.41) is 13.8. The number of rotatable bonds is 53. The van der Waals surface area contributed by atoms with Gasteiger partial charge in [0.2, 0.25) is 5.91 Å². The number of hydrogen-bond donors (Lipinski definition) is 3. The van der Waals surface area contributed by atoms with Gasteiger partial charge in [-0.3, -0.25) is 13.8 Å². The fraction of sp³-hybridized carbons (Fsp3) is 0.879. The number of nitrogens with zero attached hydrogens (tertiary/aromatic N) is 1. The largest absolute Gasteiger partial charge is 0.472 e. The van der Waals surface area contributed by atoms with Gasteiger partial charge in [0.05, 0.1) is 39.9 Å². The maximum atomic E-state index is 12.9. The highest BCUT2D eigenvalue weighted by atomic mass is 31.2. The van der Waals surface area contributed by atoms with Crippen molar-refractivity contribution in [3.8, 4) is 0 Å². The molecule has 0 saturated heterocycles. The van der Waals surface area contributed by atoms with Crippen LogP contribution >= 0.6 is 7.82 Å². The smallest absolute Gasteiger partial charge is 0.387 e. The van der Waals surface area contributed by atoms with Crippen LogP contribution < -0.4 is 5.32 Å². The van der Waals surface area contributed by atoms with E-state index in [2.05, 4.69) is 43.5 Å². The molecule has 0 heterocycles. The molecule has 0 spiro atoms. The number of carbonyl (C=O) groups is 1. The lowest BCUT2D eigenvalue weighted by Gasteiger charge is -2.25. The molecule has 0 aromatic rings. The quantitative estimate of drug-likeness (QED) is 0.0243. The molecule has 67 heavy (non-hydrogen) atoms. The van der Waals surface area contributed by atoms with Gasteiger partial charge in [0.15, 0.2) is 0 Å². The van der Waals surface area contributed by atoms with Gasteiger partial charge in [-0.25, -0.2) is 4.57 Å². The number of hydrogen-bond acceptors (Lipinski definition) is 5. The molecule has 1 amide bonds. The normalized spacial score (nSPS) is 14.2. The van der Waals surface area contributed by atoms with E-state index in [4.69, 9.17) is 9.05 Å². The van der Waals surface area contributed by atoms with Crippen LogP contribution in [0.5, 0.6) is 0 Å². The van der Waals surface area contributed by atoms with E-state index >= 15 is 0 Å². The number of aliphatic hydroxyl groups is 1. The molecule has 3 unspecified atom stereocenters. The molecule has 8 nitrogen and oxygen atoms in total. The van der Waals surface area contributed by atoms with Crippen molar-refractivity contribution in [2.45, 2.75) is 289 Å². The molecule has 9 heteroatoms. The third kappa shape index (κ3) is 52.4. The van der Waals surface area contributed by atoms with Crippen molar-refractivity contribution < 1.29 is 32.9 Å². The molecule has 0 saturated carbocycles. The third-order valence-corrected chi connectivity index (χ3v) is 14.1. The van der Waals surface area contributed by atoms with Gasteiger partial charge < -0.3 is 19.8 Å². The van der Waals surface area contributed by atoms with E-state index < -0.39 is 20.0 Å². The van der Waals surface area contributed by atoms with E-state index in [0.29, 0.717) is 17.4 Å². The fourth-order valence-corrected chi connectivity index (χ4v) is 9.35. The number of amides is 1. The Hall–Kier alpha value is -1.28. The highest BCUT2D eigenvalue weighted by Crippen LogP contribution is 2.43. The van der Waals surface area contributed by atoms with Crippen molar-refractivity contribution in [2.24, 2.45) is 0 Å². The van der Waals surface area contributed by atoms with Gasteiger partial charge in [0.1, 0.15) is 13.2 Å². The Labute approximate surface area is 417 Å². The first-order chi connectivity index (χ1) is 32.5. The van der Waals surface area contributed by atoms with E-state index in [1.54, 1.807) is 6.08 Å². The van der Waals surface area contributed by atoms with Crippen LogP contribution in [0, 0.1) is 0 Å². The van der Waals surface area contributed by atoms with Crippen LogP contribution in [-0.4, -0.2) is 73.4 Å². The average molecular weight is 967 g/mol. The van der Waals surface area contributed by atoms with E-state index in [1.165, 1.54) is 205 Å². The summed E-state index contributed by atoms with van der Waals surface area (Å²) < 4.78 is 23.6. The molecular weight excluding hydrogens is 852 g/mol. The summed E-state index contributed by atoms with van der Waals surface area (Å²) >= 11 is 0. The molecule has 0 aliphatic heterocycles. The molecule has 0 aliphatic carbocycles. The number of aliphatic hydroxyl groups excluding tert-OH is 1. The minimum Gasteiger partial charge on any atom is -0.387 e. The van der Waals surface area contributed by atoms with Gasteiger partial charge in [-0.2, -0.15) is 0 Å². The zero-order valence-electron chi connectivity index (χ0n) is 45.2. The monoisotopic (exact) mass is 966 g/mol. The zero-order chi connectivity index (χ0) is 49.2. The Morgan fingerprint density at radius 1 is 0.507 bits per heavy atom. The van der Waals surface area contributed by atoms with Crippen molar-refractivity contribution in [1.29, 1.82) is 0 Å². The van der Waals surface area contributed by atoms with Crippen LogP contribution in [0.1, 0.15) is 277 Å². The molecule has 3 atom stereocenters. The lowest BCUT2D eigenvalue weighted by atomic mass is 10.0. The standard InChI is InChI=1S/C58H113N2O6P/c1-6-8-10-12-14-16-18-19-20-21-22-23-24-25-26-27-28-29-30-31-32-33-34-35-36-37-38-39-40-41-42-44-46-48-50-52-58(62)59-56(55-66-67(63,64)65-54-53-60(3,4)5)57(61)51-49-47-45-43-17-15-13-11-9-7-2/h9,11,17,43,49,51,56-57,61H,6-8,10,12-16,18-42,44-48,50,52-55H2,1-5H3,(H-,59,62,63,64)/p+1/b11-9+,43-17+,51-49+. The predicted molar refractivity (Wildman–Crippen MR) is 291 cm³/mol. The topological polar surface area (TPSA) is 105 Å². The number of carbonyl (C=O) groups excluding carboxylic acids is 1. The molecule has 0 radical (unpaired) electrons. The Morgan fingerprint density at radius 2 is 0.836 bits per heavy atom. The minimum absolute atomic E-state index is 0.0545. The second kappa shape index (κ2) is 49.7. The van der Waals surface area contributed by atoms with E-state index in [9.17, 15) is 19.4 Å². The first kappa shape index (κ1) is 65.7. The van der Waals surface area contributed by atoms with Gasteiger partial charge in [-0.15, -0.1) is 0 Å². The van der Waals surface area contributed by atoms with Crippen molar-refractivity contribution in [2.75, 3.05) is 40.9 Å². The number of phosphoric ester groups is 1. The van der Waals surface area contributed by atoms with Crippen LogP contribution in [0.25, 0.3) is 0 Å². The number of likely N-dealkylation sites (N-methyl/N-ethyl adjacent to an activating group) is 1. The molecule has 0 aromatic heterocycles. The number of phosphoric acid groups is 1. The number of nitrogens with one attached hydrogen (secondary N) is 1. The molecule has 0 fully saturated rings. The van der Waals surface area contributed by atoms with Gasteiger partial charge in [0.25, 0.3) is 0 Å². The van der Waals surface area contributed by atoms with E-state index in [1.807, 2.05) is 27.2 Å². The van der Waals surface area contributed by atoms with Gasteiger partial charge in [0, 0.05) is 6.42 Å². The summed E-state index contributed by atoms with van der Waals surface area (Å²) in [7, 11) is 1.55. The summed E-state index contributed by atoms with van der Waals surface area (Å²) in [4.78, 5) is 23.2. The van der Waals surface area contributed by atoms with Crippen LogP contribution in [0.4, 0.5) is 0 Å². The minimum atomic E-state index is -4.35. The molecular formula is C58H114N2O6P+.